The molecule has 130 valence electrons. The Balaban J connectivity index is 1.75. The van der Waals surface area contributed by atoms with Gasteiger partial charge in [0, 0.05) is 6.08 Å². The average molecular weight is 366 g/mol. The highest BCUT2D eigenvalue weighted by Crippen LogP contribution is 2.22. The van der Waals surface area contributed by atoms with Gasteiger partial charge in [0.15, 0.2) is 6.61 Å². The molecular formula is C15H12ClN3O6. The molecule has 0 saturated carbocycles. The summed E-state index contributed by atoms with van der Waals surface area (Å²) in [7, 11) is 0. The van der Waals surface area contributed by atoms with Gasteiger partial charge < -0.3 is 9.15 Å². The van der Waals surface area contributed by atoms with Crippen molar-refractivity contribution in [1.29, 1.82) is 0 Å². The first-order valence-electron chi connectivity index (χ1n) is 6.84. The predicted molar refractivity (Wildman–Crippen MR) is 87.6 cm³/mol. The highest BCUT2D eigenvalue weighted by atomic mass is 35.5. The van der Waals surface area contributed by atoms with Crippen molar-refractivity contribution in [3.63, 3.8) is 0 Å². The molecule has 1 heterocycles. The van der Waals surface area contributed by atoms with E-state index < -0.39 is 22.6 Å². The minimum atomic E-state index is -0.698. The number of nitrogens with zero attached hydrogens (tertiary/aromatic N) is 1. The van der Waals surface area contributed by atoms with Crippen LogP contribution in [0, 0.1) is 10.1 Å². The van der Waals surface area contributed by atoms with Crippen molar-refractivity contribution in [3.05, 3.63) is 63.4 Å². The van der Waals surface area contributed by atoms with Gasteiger partial charge in [-0.05, 0) is 24.3 Å². The van der Waals surface area contributed by atoms with E-state index in [2.05, 4.69) is 10.9 Å². The Morgan fingerprint density at radius 2 is 2.00 bits per heavy atom. The fourth-order valence-corrected chi connectivity index (χ4v) is 1.79. The third-order valence-corrected chi connectivity index (χ3v) is 3.02. The third kappa shape index (κ3) is 5.66. The van der Waals surface area contributed by atoms with Crippen molar-refractivity contribution in [1.82, 2.24) is 10.9 Å². The molecule has 2 N–H and O–H groups in total. The number of para-hydroxylation sites is 1. The number of hydrazine groups is 1. The van der Waals surface area contributed by atoms with Crippen molar-refractivity contribution in [3.8, 4) is 5.75 Å². The van der Waals surface area contributed by atoms with E-state index >= 15 is 0 Å². The Kier molecular flexibility index (Phi) is 6.13. The molecule has 2 rings (SSSR count). The minimum absolute atomic E-state index is 0.121. The van der Waals surface area contributed by atoms with E-state index in [9.17, 15) is 19.7 Å². The number of carbonyl (C=O) groups excluding carboxylic acids is 2. The molecule has 0 saturated heterocycles. The van der Waals surface area contributed by atoms with E-state index in [1.54, 1.807) is 24.3 Å². The molecular weight excluding hydrogens is 354 g/mol. The van der Waals surface area contributed by atoms with Crippen molar-refractivity contribution in [2.45, 2.75) is 0 Å². The van der Waals surface area contributed by atoms with E-state index in [-0.39, 0.29) is 12.4 Å². The van der Waals surface area contributed by atoms with Gasteiger partial charge in [0.25, 0.3) is 11.8 Å². The molecule has 0 radical (unpaired) electrons. The van der Waals surface area contributed by atoms with E-state index in [0.29, 0.717) is 10.8 Å². The number of hydrogen-bond acceptors (Lipinski definition) is 6. The smallest absolute Gasteiger partial charge is 0.433 e. The normalized spacial score (nSPS) is 10.4. The molecule has 2 aromatic rings. The summed E-state index contributed by atoms with van der Waals surface area (Å²) in [5, 5.41) is 10.8. The highest BCUT2D eigenvalue weighted by molar-refractivity contribution is 6.32. The summed E-state index contributed by atoms with van der Waals surface area (Å²) in [4.78, 5) is 32.9. The van der Waals surface area contributed by atoms with E-state index in [4.69, 9.17) is 20.8 Å². The van der Waals surface area contributed by atoms with Crippen molar-refractivity contribution in [2.24, 2.45) is 0 Å². The van der Waals surface area contributed by atoms with Crippen molar-refractivity contribution < 1.29 is 23.7 Å². The molecule has 1 aromatic carbocycles. The maximum absolute atomic E-state index is 11.6. The molecule has 0 unspecified atom stereocenters. The zero-order valence-electron chi connectivity index (χ0n) is 12.6. The zero-order valence-corrected chi connectivity index (χ0v) is 13.4. The molecule has 0 fully saturated rings. The summed E-state index contributed by atoms with van der Waals surface area (Å²) in [6.45, 7) is -0.349. The van der Waals surface area contributed by atoms with Crippen LogP contribution in [0.2, 0.25) is 5.02 Å². The van der Waals surface area contributed by atoms with Gasteiger partial charge in [0.05, 0.1) is 11.1 Å². The predicted octanol–water partition coefficient (Wildman–Crippen LogP) is 2.08. The largest absolute Gasteiger partial charge is 0.482 e. The van der Waals surface area contributed by atoms with Crippen LogP contribution in [0.4, 0.5) is 5.88 Å². The molecule has 2 amide bonds. The number of halogens is 1. The quantitative estimate of drug-likeness (QED) is 0.459. The Bertz CT molecular complexity index is 817. The number of furan rings is 1. The van der Waals surface area contributed by atoms with E-state index in [1.165, 1.54) is 12.1 Å². The van der Waals surface area contributed by atoms with Gasteiger partial charge in [0.2, 0.25) is 0 Å². The summed E-state index contributed by atoms with van der Waals surface area (Å²) in [5.41, 5.74) is 4.25. The van der Waals surface area contributed by atoms with Crippen LogP contribution in [-0.2, 0) is 9.59 Å². The second-order valence-corrected chi connectivity index (χ2v) is 4.93. The number of carbonyl (C=O) groups is 2. The molecule has 0 atom stereocenters. The molecule has 0 aliphatic heterocycles. The Labute approximate surface area is 146 Å². The third-order valence-electron chi connectivity index (χ3n) is 2.71. The maximum atomic E-state index is 11.6. The lowest BCUT2D eigenvalue weighted by Gasteiger charge is -2.08. The van der Waals surface area contributed by atoms with Crippen LogP contribution < -0.4 is 15.6 Å². The van der Waals surface area contributed by atoms with Crippen molar-refractivity contribution >= 4 is 35.4 Å². The Hall–Kier alpha value is -3.33. The van der Waals surface area contributed by atoms with Gasteiger partial charge in [-0.3, -0.25) is 30.6 Å². The average Bonchev–Trinajstić information content (AvgIpc) is 3.07. The topological polar surface area (TPSA) is 124 Å². The molecule has 0 bridgehead atoms. The zero-order chi connectivity index (χ0) is 18.2. The number of amides is 2. The van der Waals surface area contributed by atoms with Crippen molar-refractivity contribution in [2.75, 3.05) is 6.61 Å². The number of nitro groups is 1. The number of nitrogens with one attached hydrogen (secondary N) is 2. The molecule has 9 nitrogen and oxygen atoms in total. The van der Waals surface area contributed by atoms with Gasteiger partial charge in [-0.2, -0.15) is 0 Å². The van der Waals surface area contributed by atoms with Crippen LogP contribution in [0.3, 0.4) is 0 Å². The molecule has 25 heavy (non-hydrogen) atoms. The molecule has 10 heteroatoms. The fourth-order valence-electron chi connectivity index (χ4n) is 1.60. The Morgan fingerprint density at radius 3 is 2.68 bits per heavy atom. The van der Waals surface area contributed by atoms with Gasteiger partial charge in [-0.15, -0.1) is 0 Å². The van der Waals surface area contributed by atoms with E-state index in [0.717, 1.165) is 12.1 Å². The van der Waals surface area contributed by atoms with Crippen LogP contribution in [0.25, 0.3) is 6.08 Å². The van der Waals surface area contributed by atoms with Crippen LogP contribution in [0.5, 0.6) is 5.75 Å². The summed E-state index contributed by atoms with van der Waals surface area (Å²) in [6, 6.07) is 9.11. The number of ether oxygens (including phenoxy) is 1. The number of rotatable bonds is 6. The second-order valence-electron chi connectivity index (χ2n) is 4.52. The van der Waals surface area contributed by atoms with Crippen LogP contribution >= 0.6 is 11.6 Å². The fraction of sp³-hybridized carbons (Fsp3) is 0.0667. The lowest BCUT2D eigenvalue weighted by Crippen LogP contribution is -2.43. The van der Waals surface area contributed by atoms with Gasteiger partial charge in [0.1, 0.15) is 16.4 Å². The monoisotopic (exact) mass is 365 g/mol. The van der Waals surface area contributed by atoms with Gasteiger partial charge >= 0.3 is 5.88 Å². The molecule has 0 aliphatic rings. The highest BCUT2D eigenvalue weighted by Gasteiger charge is 2.10. The number of benzene rings is 1. The van der Waals surface area contributed by atoms with Crippen LogP contribution in [0.15, 0.2) is 46.9 Å². The molecule has 0 aliphatic carbocycles. The lowest BCUT2D eigenvalue weighted by atomic mass is 10.3. The summed E-state index contributed by atoms with van der Waals surface area (Å²) in [5.74, 6) is -1.24. The molecule has 1 aromatic heterocycles. The Morgan fingerprint density at radius 1 is 1.24 bits per heavy atom. The van der Waals surface area contributed by atoms with Gasteiger partial charge in [-0.25, -0.2) is 0 Å². The summed E-state index contributed by atoms with van der Waals surface area (Å²) >= 11 is 5.87. The van der Waals surface area contributed by atoms with Gasteiger partial charge in [-0.1, -0.05) is 23.7 Å². The standard InChI is InChI=1S/C15H12ClN3O6/c16-11-3-1-2-4-12(11)24-9-14(21)18-17-13(20)7-5-10-6-8-15(25-10)19(22)23/h1-8H,9H2,(H,17,20)(H,18,21)/b7-5+. The first-order chi connectivity index (χ1) is 12.0. The van der Waals surface area contributed by atoms with Crippen LogP contribution in [0.1, 0.15) is 5.76 Å². The maximum Gasteiger partial charge on any atom is 0.433 e. The lowest BCUT2D eigenvalue weighted by molar-refractivity contribution is -0.402. The van der Waals surface area contributed by atoms with E-state index in [1.807, 2.05) is 0 Å². The minimum Gasteiger partial charge on any atom is -0.482 e. The first kappa shape index (κ1) is 18.0. The first-order valence-corrected chi connectivity index (χ1v) is 7.22. The molecule has 0 spiro atoms. The SMILES string of the molecule is O=C(/C=C/c1ccc([N+](=O)[O-])o1)NNC(=O)COc1ccccc1Cl. The summed E-state index contributed by atoms with van der Waals surface area (Å²) in [6.07, 6.45) is 2.26. The van der Waals surface area contributed by atoms with Crippen LogP contribution in [-0.4, -0.2) is 23.3 Å². The number of hydrogen-bond donors (Lipinski definition) is 2. The summed E-state index contributed by atoms with van der Waals surface area (Å²) < 4.78 is 10.0. The second kappa shape index (κ2) is 8.50.